The Labute approximate surface area is 124 Å². The first kappa shape index (κ1) is 18.9. The van der Waals surface area contributed by atoms with Crippen molar-refractivity contribution in [2.75, 3.05) is 67.9 Å². The first-order valence-electron chi connectivity index (χ1n) is 6.43. The number of aliphatic hydroxyl groups excluding tert-OH is 2. The van der Waals surface area contributed by atoms with Crippen molar-refractivity contribution in [3.05, 3.63) is 0 Å². The van der Waals surface area contributed by atoms with Crippen LogP contribution in [0.25, 0.3) is 0 Å². The van der Waals surface area contributed by atoms with Gasteiger partial charge < -0.3 is 15.1 Å². The van der Waals surface area contributed by atoms with Crippen LogP contribution < -0.4 is 0 Å². The van der Waals surface area contributed by atoms with E-state index in [1.807, 2.05) is 35.3 Å². The minimum Gasteiger partial charge on any atom is -0.396 e. The summed E-state index contributed by atoms with van der Waals surface area (Å²) in [7, 11) is 0. The van der Waals surface area contributed by atoms with Crippen LogP contribution in [0.5, 0.6) is 0 Å². The molecule has 0 amide bonds. The van der Waals surface area contributed by atoms with Gasteiger partial charge in [-0.25, -0.2) is 0 Å². The molecular weight excluding hydrogens is 286 g/mol. The Morgan fingerprint density at radius 1 is 0.778 bits per heavy atom. The van der Waals surface area contributed by atoms with Crippen LogP contribution in [0.3, 0.4) is 0 Å². The molecule has 0 spiro atoms. The van der Waals surface area contributed by atoms with E-state index in [1.165, 1.54) is 18.7 Å². The standard InChI is InChI=1S/C12H27NO2S3/c1-16-8-2-3-13(4-9-17-11-6-14)5-10-18-12-7-15/h14-15H,2-12H2,1H3. The Bertz CT molecular complexity index is 152. The molecule has 0 atom stereocenters. The highest BCUT2D eigenvalue weighted by atomic mass is 32.2. The molecule has 110 valence electrons. The van der Waals surface area contributed by atoms with Crippen LogP contribution in [0.2, 0.25) is 0 Å². The molecule has 0 aromatic rings. The Kier molecular flexibility index (Phi) is 16.8. The van der Waals surface area contributed by atoms with E-state index >= 15 is 0 Å². The zero-order valence-electron chi connectivity index (χ0n) is 11.3. The third kappa shape index (κ3) is 13.4. The van der Waals surface area contributed by atoms with E-state index in [-0.39, 0.29) is 13.2 Å². The molecule has 0 bridgehead atoms. The highest BCUT2D eigenvalue weighted by molar-refractivity contribution is 7.99. The molecule has 0 aromatic heterocycles. The fraction of sp³-hybridized carbons (Fsp3) is 1.00. The smallest absolute Gasteiger partial charge is 0.0521 e. The first-order valence-corrected chi connectivity index (χ1v) is 10.1. The van der Waals surface area contributed by atoms with Crippen LogP contribution in [0.4, 0.5) is 0 Å². The SMILES string of the molecule is CSCCCN(CCSCCO)CCSCCO. The second kappa shape index (κ2) is 16.0. The lowest BCUT2D eigenvalue weighted by molar-refractivity contribution is 0.308. The van der Waals surface area contributed by atoms with Gasteiger partial charge in [-0.05, 0) is 25.0 Å². The molecule has 3 nitrogen and oxygen atoms in total. The van der Waals surface area contributed by atoms with E-state index in [1.54, 1.807) is 0 Å². The lowest BCUT2D eigenvalue weighted by Crippen LogP contribution is -2.30. The maximum Gasteiger partial charge on any atom is 0.0521 e. The van der Waals surface area contributed by atoms with Gasteiger partial charge in [0.25, 0.3) is 0 Å². The van der Waals surface area contributed by atoms with Crippen molar-refractivity contribution in [1.82, 2.24) is 4.90 Å². The third-order valence-corrected chi connectivity index (χ3v) is 4.98. The molecule has 0 saturated heterocycles. The molecule has 0 saturated carbocycles. The molecule has 0 fully saturated rings. The minimum absolute atomic E-state index is 0.281. The van der Waals surface area contributed by atoms with Crippen molar-refractivity contribution in [2.45, 2.75) is 6.42 Å². The van der Waals surface area contributed by atoms with Crippen LogP contribution in [0.15, 0.2) is 0 Å². The van der Waals surface area contributed by atoms with Crippen LogP contribution in [0, 0.1) is 0 Å². The summed E-state index contributed by atoms with van der Waals surface area (Å²) >= 11 is 5.55. The van der Waals surface area contributed by atoms with E-state index in [0.29, 0.717) is 0 Å². The van der Waals surface area contributed by atoms with Gasteiger partial charge in [-0.15, -0.1) is 0 Å². The average molecular weight is 314 g/mol. The summed E-state index contributed by atoms with van der Waals surface area (Å²) in [6.45, 7) is 3.95. The topological polar surface area (TPSA) is 43.7 Å². The summed E-state index contributed by atoms with van der Waals surface area (Å²) in [6, 6.07) is 0. The Balaban J connectivity index is 3.62. The second-order valence-electron chi connectivity index (χ2n) is 3.86. The van der Waals surface area contributed by atoms with Crippen LogP contribution in [0.1, 0.15) is 6.42 Å². The average Bonchev–Trinajstić information content (AvgIpc) is 2.39. The molecule has 0 aliphatic rings. The number of hydrogen-bond acceptors (Lipinski definition) is 6. The second-order valence-corrected chi connectivity index (χ2v) is 7.30. The predicted molar refractivity (Wildman–Crippen MR) is 88.3 cm³/mol. The summed E-state index contributed by atoms with van der Waals surface area (Å²) in [5.74, 6) is 5.12. The number of aliphatic hydroxyl groups is 2. The highest BCUT2D eigenvalue weighted by Crippen LogP contribution is 2.06. The molecule has 0 aliphatic carbocycles. The van der Waals surface area contributed by atoms with Gasteiger partial charge in [-0.1, -0.05) is 0 Å². The molecule has 0 heterocycles. The van der Waals surface area contributed by atoms with Gasteiger partial charge in [-0.3, -0.25) is 0 Å². The fourth-order valence-electron chi connectivity index (χ4n) is 1.49. The molecule has 0 unspecified atom stereocenters. The highest BCUT2D eigenvalue weighted by Gasteiger charge is 2.04. The quantitative estimate of drug-likeness (QED) is 0.474. The largest absolute Gasteiger partial charge is 0.396 e. The lowest BCUT2D eigenvalue weighted by atomic mass is 10.4. The van der Waals surface area contributed by atoms with E-state index in [2.05, 4.69) is 11.2 Å². The van der Waals surface area contributed by atoms with Crippen molar-refractivity contribution >= 4 is 35.3 Å². The molecule has 6 heteroatoms. The molecule has 0 aromatic carbocycles. The number of rotatable bonds is 14. The fourth-order valence-corrected chi connectivity index (χ4v) is 3.35. The number of nitrogens with zero attached hydrogens (tertiary/aromatic N) is 1. The van der Waals surface area contributed by atoms with Gasteiger partial charge in [0.1, 0.15) is 0 Å². The van der Waals surface area contributed by atoms with Crippen LogP contribution >= 0.6 is 35.3 Å². The minimum atomic E-state index is 0.281. The maximum absolute atomic E-state index is 8.74. The van der Waals surface area contributed by atoms with Gasteiger partial charge in [-0.2, -0.15) is 35.3 Å². The van der Waals surface area contributed by atoms with E-state index < -0.39 is 0 Å². The number of thioether (sulfide) groups is 3. The summed E-state index contributed by atoms with van der Waals surface area (Å²) in [4.78, 5) is 2.50. The zero-order valence-corrected chi connectivity index (χ0v) is 13.8. The molecule has 0 rings (SSSR count). The summed E-state index contributed by atoms with van der Waals surface area (Å²) in [6.07, 6.45) is 3.40. The normalized spacial score (nSPS) is 11.3. The Hall–Kier alpha value is 0.930. The van der Waals surface area contributed by atoms with Crippen LogP contribution in [-0.2, 0) is 0 Å². The van der Waals surface area contributed by atoms with E-state index in [4.69, 9.17) is 10.2 Å². The molecule has 0 aliphatic heterocycles. The maximum atomic E-state index is 8.74. The Morgan fingerprint density at radius 2 is 1.33 bits per heavy atom. The van der Waals surface area contributed by atoms with E-state index in [9.17, 15) is 0 Å². The zero-order chi connectivity index (χ0) is 13.5. The summed E-state index contributed by atoms with van der Waals surface area (Å²) < 4.78 is 0. The summed E-state index contributed by atoms with van der Waals surface area (Å²) in [5, 5.41) is 17.5. The van der Waals surface area contributed by atoms with Crippen molar-refractivity contribution in [2.24, 2.45) is 0 Å². The monoisotopic (exact) mass is 313 g/mol. The van der Waals surface area contributed by atoms with Crippen molar-refractivity contribution in [3.63, 3.8) is 0 Å². The number of hydrogen-bond donors (Lipinski definition) is 2. The molecule has 18 heavy (non-hydrogen) atoms. The van der Waals surface area contributed by atoms with Crippen molar-refractivity contribution in [3.8, 4) is 0 Å². The lowest BCUT2D eigenvalue weighted by Gasteiger charge is -2.21. The van der Waals surface area contributed by atoms with Gasteiger partial charge in [0.15, 0.2) is 0 Å². The van der Waals surface area contributed by atoms with Gasteiger partial charge in [0.05, 0.1) is 13.2 Å². The van der Waals surface area contributed by atoms with Crippen molar-refractivity contribution < 1.29 is 10.2 Å². The summed E-state index contributed by atoms with van der Waals surface area (Å²) in [5.41, 5.74) is 0. The molecular formula is C12H27NO2S3. The molecule has 2 N–H and O–H groups in total. The van der Waals surface area contributed by atoms with Crippen molar-refractivity contribution in [1.29, 1.82) is 0 Å². The molecule has 0 radical (unpaired) electrons. The van der Waals surface area contributed by atoms with Gasteiger partial charge in [0, 0.05) is 36.1 Å². The third-order valence-electron chi connectivity index (χ3n) is 2.40. The van der Waals surface area contributed by atoms with Gasteiger partial charge >= 0.3 is 0 Å². The van der Waals surface area contributed by atoms with Gasteiger partial charge in [0.2, 0.25) is 0 Å². The van der Waals surface area contributed by atoms with E-state index in [0.717, 1.165) is 36.1 Å². The predicted octanol–water partition coefficient (Wildman–Crippen LogP) is 1.49. The Morgan fingerprint density at radius 3 is 1.78 bits per heavy atom. The van der Waals surface area contributed by atoms with Crippen LogP contribution in [-0.4, -0.2) is 83.0 Å². The first-order chi connectivity index (χ1) is 8.85.